The Morgan fingerprint density at radius 1 is 1.20 bits per heavy atom. The van der Waals surface area contributed by atoms with Crippen LogP contribution in [0.15, 0.2) is 53.9 Å². The average molecular weight is 348 g/mol. The minimum absolute atomic E-state index is 0.0601. The summed E-state index contributed by atoms with van der Waals surface area (Å²) in [5, 5.41) is 6.20. The van der Waals surface area contributed by atoms with Crippen LogP contribution in [-0.2, 0) is 11.2 Å². The standard InChI is InChI=1S/C21H20N2OS/c1-14-22-20(13-25-14)16-8-4-9-17(12-16)23-21(24)19-11-5-7-15-6-2-3-10-18(15)19/h2-4,6,8-10,12-13,19H,5,7,11H2,1H3,(H,23,24). The first-order valence-electron chi connectivity index (χ1n) is 8.62. The number of nitrogens with zero attached hydrogens (tertiary/aromatic N) is 1. The third kappa shape index (κ3) is 3.35. The molecule has 1 amide bonds. The molecule has 0 bridgehead atoms. The number of nitrogens with one attached hydrogen (secondary N) is 1. The summed E-state index contributed by atoms with van der Waals surface area (Å²) in [7, 11) is 0. The van der Waals surface area contributed by atoms with Gasteiger partial charge >= 0.3 is 0 Å². The van der Waals surface area contributed by atoms with Crippen molar-refractivity contribution in [2.45, 2.75) is 32.1 Å². The molecule has 2 aromatic carbocycles. The molecule has 0 saturated heterocycles. The number of aryl methyl sites for hydroxylation is 2. The summed E-state index contributed by atoms with van der Waals surface area (Å²) >= 11 is 1.64. The van der Waals surface area contributed by atoms with Crippen molar-refractivity contribution in [1.29, 1.82) is 0 Å². The van der Waals surface area contributed by atoms with Crippen LogP contribution < -0.4 is 5.32 Å². The second-order valence-corrected chi connectivity index (χ2v) is 7.53. The summed E-state index contributed by atoms with van der Waals surface area (Å²) < 4.78 is 0. The first-order chi connectivity index (χ1) is 12.2. The van der Waals surface area contributed by atoms with Gasteiger partial charge in [-0.2, -0.15) is 0 Å². The molecular formula is C21H20N2OS. The largest absolute Gasteiger partial charge is 0.326 e. The van der Waals surface area contributed by atoms with Gasteiger partial charge in [0.1, 0.15) is 0 Å². The number of hydrogen-bond acceptors (Lipinski definition) is 3. The molecule has 126 valence electrons. The van der Waals surface area contributed by atoms with E-state index in [-0.39, 0.29) is 11.8 Å². The van der Waals surface area contributed by atoms with E-state index in [0.717, 1.165) is 41.2 Å². The zero-order chi connectivity index (χ0) is 17.2. The van der Waals surface area contributed by atoms with Crippen molar-refractivity contribution in [1.82, 2.24) is 4.98 Å². The molecule has 1 heterocycles. The number of rotatable bonds is 3. The smallest absolute Gasteiger partial charge is 0.231 e. The van der Waals surface area contributed by atoms with E-state index in [1.54, 1.807) is 11.3 Å². The third-order valence-corrected chi connectivity index (χ3v) is 5.50. The zero-order valence-corrected chi connectivity index (χ0v) is 15.0. The number of hydrogen-bond donors (Lipinski definition) is 1. The predicted octanol–water partition coefficient (Wildman–Crippen LogP) is 5.18. The number of anilines is 1. The van der Waals surface area contributed by atoms with Gasteiger partial charge in [0.2, 0.25) is 5.91 Å². The third-order valence-electron chi connectivity index (χ3n) is 4.73. The van der Waals surface area contributed by atoms with Gasteiger partial charge in [-0.1, -0.05) is 36.4 Å². The predicted molar refractivity (Wildman–Crippen MR) is 103 cm³/mol. The highest BCUT2D eigenvalue weighted by molar-refractivity contribution is 7.09. The van der Waals surface area contributed by atoms with E-state index in [4.69, 9.17) is 0 Å². The van der Waals surface area contributed by atoms with E-state index >= 15 is 0 Å². The maximum Gasteiger partial charge on any atom is 0.231 e. The lowest BCUT2D eigenvalue weighted by Crippen LogP contribution is -2.24. The van der Waals surface area contributed by atoms with Gasteiger partial charge in [0.05, 0.1) is 16.6 Å². The Morgan fingerprint density at radius 3 is 2.92 bits per heavy atom. The lowest BCUT2D eigenvalue weighted by Gasteiger charge is -2.24. The van der Waals surface area contributed by atoms with Gasteiger partial charge in [-0.05, 0) is 49.4 Å². The molecule has 1 atom stereocenters. The minimum Gasteiger partial charge on any atom is -0.326 e. The Kier molecular flexibility index (Phi) is 4.36. The van der Waals surface area contributed by atoms with Crippen LogP contribution in [0.4, 0.5) is 5.69 Å². The summed E-state index contributed by atoms with van der Waals surface area (Å²) in [6.07, 6.45) is 3.04. The number of carbonyl (C=O) groups is 1. The normalized spacial score (nSPS) is 16.3. The molecule has 0 aliphatic heterocycles. The molecule has 1 unspecified atom stereocenters. The molecule has 1 N–H and O–H groups in total. The molecule has 4 heteroatoms. The van der Waals surface area contributed by atoms with Crippen LogP contribution in [0, 0.1) is 6.92 Å². The van der Waals surface area contributed by atoms with Crippen molar-refractivity contribution in [3.8, 4) is 11.3 Å². The first-order valence-corrected chi connectivity index (χ1v) is 9.50. The van der Waals surface area contributed by atoms with Gasteiger partial charge in [0.25, 0.3) is 0 Å². The molecule has 0 saturated carbocycles. The fourth-order valence-corrected chi connectivity index (χ4v) is 4.13. The van der Waals surface area contributed by atoms with E-state index < -0.39 is 0 Å². The summed E-state index contributed by atoms with van der Waals surface area (Å²) in [4.78, 5) is 17.4. The minimum atomic E-state index is -0.0601. The van der Waals surface area contributed by atoms with Gasteiger partial charge in [-0.15, -0.1) is 11.3 Å². The van der Waals surface area contributed by atoms with Crippen LogP contribution in [0.5, 0.6) is 0 Å². The van der Waals surface area contributed by atoms with E-state index in [0.29, 0.717) is 0 Å². The average Bonchev–Trinajstić information content (AvgIpc) is 3.08. The van der Waals surface area contributed by atoms with Crippen molar-refractivity contribution in [3.05, 3.63) is 70.0 Å². The Hall–Kier alpha value is -2.46. The Labute approximate surface area is 151 Å². The molecule has 0 spiro atoms. The quantitative estimate of drug-likeness (QED) is 0.709. The van der Waals surface area contributed by atoms with Gasteiger partial charge in [0.15, 0.2) is 0 Å². The Bertz CT molecular complexity index is 916. The topological polar surface area (TPSA) is 42.0 Å². The second kappa shape index (κ2) is 6.81. The number of fused-ring (bicyclic) bond motifs is 1. The number of aromatic nitrogens is 1. The SMILES string of the molecule is Cc1nc(-c2cccc(NC(=O)C3CCCc4ccccc43)c2)cs1. The van der Waals surface area contributed by atoms with Crippen molar-refractivity contribution in [3.63, 3.8) is 0 Å². The molecule has 1 aliphatic rings. The number of thiazole rings is 1. The summed E-state index contributed by atoms with van der Waals surface area (Å²) in [5.74, 6) is 0.0221. The van der Waals surface area contributed by atoms with Crippen molar-refractivity contribution < 1.29 is 4.79 Å². The van der Waals surface area contributed by atoms with Crippen LogP contribution in [0.1, 0.15) is 34.9 Å². The molecule has 1 aromatic heterocycles. The number of benzene rings is 2. The maximum atomic E-state index is 12.9. The zero-order valence-electron chi connectivity index (χ0n) is 14.2. The van der Waals surface area contributed by atoms with Crippen LogP contribution in [0.25, 0.3) is 11.3 Å². The fraction of sp³-hybridized carbons (Fsp3) is 0.238. The van der Waals surface area contributed by atoms with Gasteiger partial charge in [0, 0.05) is 16.6 Å². The lowest BCUT2D eigenvalue weighted by atomic mass is 9.82. The highest BCUT2D eigenvalue weighted by Gasteiger charge is 2.26. The van der Waals surface area contributed by atoms with Crippen molar-refractivity contribution in [2.75, 3.05) is 5.32 Å². The number of amides is 1. The maximum absolute atomic E-state index is 12.9. The molecule has 3 aromatic rings. The van der Waals surface area contributed by atoms with E-state index in [1.807, 2.05) is 42.6 Å². The van der Waals surface area contributed by atoms with Crippen LogP contribution in [-0.4, -0.2) is 10.9 Å². The number of carbonyl (C=O) groups excluding carboxylic acids is 1. The Balaban J connectivity index is 1.56. The molecule has 4 rings (SSSR count). The molecular weight excluding hydrogens is 328 g/mol. The van der Waals surface area contributed by atoms with Crippen LogP contribution >= 0.6 is 11.3 Å². The highest BCUT2D eigenvalue weighted by atomic mass is 32.1. The molecule has 3 nitrogen and oxygen atoms in total. The molecule has 0 fully saturated rings. The fourth-order valence-electron chi connectivity index (χ4n) is 3.51. The van der Waals surface area contributed by atoms with Crippen molar-refractivity contribution in [2.24, 2.45) is 0 Å². The summed E-state index contributed by atoms with van der Waals surface area (Å²) in [6.45, 7) is 2.00. The molecule has 25 heavy (non-hydrogen) atoms. The first kappa shape index (κ1) is 16.0. The van der Waals surface area contributed by atoms with E-state index in [2.05, 4.69) is 28.5 Å². The van der Waals surface area contributed by atoms with Gasteiger partial charge in [-0.25, -0.2) is 4.98 Å². The monoisotopic (exact) mass is 348 g/mol. The molecule has 1 aliphatic carbocycles. The lowest BCUT2D eigenvalue weighted by molar-refractivity contribution is -0.117. The Morgan fingerprint density at radius 2 is 2.08 bits per heavy atom. The molecule has 0 radical (unpaired) electrons. The van der Waals surface area contributed by atoms with E-state index in [9.17, 15) is 4.79 Å². The highest BCUT2D eigenvalue weighted by Crippen LogP contribution is 2.33. The van der Waals surface area contributed by atoms with E-state index in [1.165, 1.54) is 11.1 Å². The summed E-state index contributed by atoms with van der Waals surface area (Å²) in [6, 6.07) is 16.2. The van der Waals surface area contributed by atoms with Gasteiger partial charge < -0.3 is 5.32 Å². The van der Waals surface area contributed by atoms with Crippen molar-refractivity contribution >= 4 is 22.9 Å². The summed E-state index contributed by atoms with van der Waals surface area (Å²) in [5.41, 5.74) is 5.31. The van der Waals surface area contributed by atoms with Crippen LogP contribution in [0.2, 0.25) is 0 Å². The van der Waals surface area contributed by atoms with Crippen LogP contribution in [0.3, 0.4) is 0 Å². The van der Waals surface area contributed by atoms with Gasteiger partial charge in [-0.3, -0.25) is 4.79 Å². The second-order valence-electron chi connectivity index (χ2n) is 6.47.